The van der Waals surface area contributed by atoms with Crippen molar-refractivity contribution in [1.82, 2.24) is 0 Å². The molecule has 2 aromatic carbocycles. The van der Waals surface area contributed by atoms with Crippen LogP contribution in [0.3, 0.4) is 0 Å². The Kier molecular flexibility index (Phi) is 6.32. The summed E-state index contributed by atoms with van der Waals surface area (Å²) < 4.78 is 1.03. The molecule has 0 aliphatic carbocycles. The zero-order valence-corrected chi connectivity index (χ0v) is 15.8. The number of halogens is 1. The summed E-state index contributed by atoms with van der Waals surface area (Å²) in [6.45, 7) is 4.00. The van der Waals surface area contributed by atoms with Crippen LogP contribution in [0.15, 0.2) is 59.1 Å². The van der Waals surface area contributed by atoms with Crippen LogP contribution in [0.5, 0.6) is 0 Å². The van der Waals surface area contributed by atoms with Gasteiger partial charge in [0.1, 0.15) is 0 Å². The van der Waals surface area contributed by atoms with E-state index in [1.165, 1.54) is 0 Å². The van der Waals surface area contributed by atoms with E-state index in [0.29, 0.717) is 11.1 Å². The summed E-state index contributed by atoms with van der Waals surface area (Å²) in [6, 6.07) is 21.5. The maximum Gasteiger partial charge on any atom is 0.0991 e. The van der Waals surface area contributed by atoms with Crippen molar-refractivity contribution in [1.29, 1.82) is 10.5 Å². The number of thiophene rings is 1. The smallest absolute Gasteiger partial charge is 0.0991 e. The van der Waals surface area contributed by atoms with Gasteiger partial charge in [0.05, 0.1) is 23.3 Å². The lowest BCUT2D eigenvalue weighted by molar-refractivity contribution is 1.48. The minimum atomic E-state index is 0.656. The van der Waals surface area contributed by atoms with Gasteiger partial charge in [0.15, 0.2) is 0 Å². The molecule has 0 atom stereocenters. The highest BCUT2D eigenvalue weighted by atomic mass is 79.9. The fourth-order valence-corrected chi connectivity index (χ4v) is 4.03. The molecular formula is C20H15BrN2S. The molecule has 0 bridgehead atoms. The van der Waals surface area contributed by atoms with Crippen LogP contribution in [-0.4, -0.2) is 0 Å². The van der Waals surface area contributed by atoms with E-state index in [4.69, 9.17) is 10.5 Å². The monoisotopic (exact) mass is 394 g/mol. The summed E-state index contributed by atoms with van der Waals surface area (Å²) in [5.41, 5.74) is 3.48. The van der Waals surface area contributed by atoms with Crippen LogP contribution in [0.1, 0.15) is 25.0 Å². The second kappa shape index (κ2) is 8.45. The number of hydrogen-bond donors (Lipinski definition) is 0. The second-order valence-corrected chi connectivity index (χ2v) is 6.57. The molecule has 0 aliphatic rings. The summed E-state index contributed by atoms with van der Waals surface area (Å²) in [4.78, 5) is 2.26. The summed E-state index contributed by atoms with van der Waals surface area (Å²) >= 11 is 5.29. The third-order valence-electron chi connectivity index (χ3n) is 3.26. The Balaban J connectivity index is 0.00000100. The van der Waals surface area contributed by atoms with Crippen LogP contribution in [0, 0.1) is 22.7 Å². The van der Waals surface area contributed by atoms with Gasteiger partial charge in [-0.15, -0.1) is 11.3 Å². The van der Waals surface area contributed by atoms with Crippen molar-refractivity contribution >= 4 is 27.3 Å². The third-order valence-corrected chi connectivity index (χ3v) is 5.38. The molecule has 0 unspecified atom stereocenters. The Hall–Kier alpha value is -2.40. The number of hydrogen-bond acceptors (Lipinski definition) is 3. The summed E-state index contributed by atoms with van der Waals surface area (Å²) in [6.07, 6.45) is 0. The van der Waals surface area contributed by atoms with Gasteiger partial charge in [-0.25, -0.2) is 0 Å². The van der Waals surface area contributed by atoms with Crippen LogP contribution in [0.25, 0.3) is 20.9 Å². The first-order chi connectivity index (χ1) is 11.7. The summed E-state index contributed by atoms with van der Waals surface area (Å²) in [5, 5.41) is 17.7. The Morgan fingerprint density at radius 1 is 0.792 bits per heavy atom. The Labute approximate surface area is 154 Å². The number of rotatable bonds is 2. The van der Waals surface area contributed by atoms with Gasteiger partial charge in [0, 0.05) is 14.2 Å². The van der Waals surface area contributed by atoms with Crippen LogP contribution >= 0.6 is 27.3 Å². The zero-order valence-electron chi connectivity index (χ0n) is 13.4. The van der Waals surface area contributed by atoms with Crippen molar-refractivity contribution in [2.45, 2.75) is 13.8 Å². The normalized spacial score (nSPS) is 9.38. The third kappa shape index (κ3) is 3.92. The van der Waals surface area contributed by atoms with Crippen LogP contribution in [0.2, 0.25) is 0 Å². The first-order valence-corrected chi connectivity index (χ1v) is 9.12. The van der Waals surface area contributed by atoms with Gasteiger partial charge in [-0.05, 0) is 57.4 Å². The lowest BCUT2D eigenvalue weighted by Gasteiger charge is -1.99. The summed E-state index contributed by atoms with van der Waals surface area (Å²) in [5.74, 6) is 0. The molecule has 0 fully saturated rings. The van der Waals surface area contributed by atoms with Gasteiger partial charge in [0.2, 0.25) is 0 Å². The van der Waals surface area contributed by atoms with Crippen molar-refractivity contribution in [3.8, 4) is 33.0 Å². The van der Waals surface area contributed by atoms with Crippen molar-refractivity contribution in [2.24, 2.45) is 0 Å². The average molecular weight is 395 g/mol. The Morgan fingerprint density at radius 3 is 1.71 bits per heavy atom. The van der Waals surface area contributed by atoms with E-state index in [2.05, 4.69) is 34.1 Å². The van der Waals surface area contributed by atoms with Crippen molar-refractivity contribution in [3.63, 3.8) is 0 Å². The summed E-state index contributed by atoms with van der Waals surface area (Å²) in [7, 11) is 0. The molecule has 1 aromatic heterocycles. The van der Waals surface area contributed by atoms with Crippen LogP contribution in [-0.2, 0) is 0 Å². The standard InChI is InChI=1S/C18H9BrN2S.C2H6/c19-16-9-17(14-5-1-12(10-20)2-6-14)22-18(16)15-7-3-13(11-21)4-8-15;1-2/h1-9H;1-2H3. The molecule has 4 heteroatoms. The van der Waals surface area contributed by atoms with Gasteiger partial charge in [-0.1, -0.05) is 38.1 Å². The quantitative estimate of drug-likeness (QED) is 0.490. The minimum Gasteiger partial charge on any atom is -0.192 e. The average Bonchev–Trinajstić information content (AvgIpc) is 3.05. The molecule has 0 radical (unpaired) electrons. The predicted molar refractivity (Wildman–Crippen MR) is 104 cm³/mol. The molecule has 3 aromatic rings. The van der Waals surface area contributed by atoms with Gasteiger partial charge in [0.25, 0.3) is 0 Å². The van der Waals surface area contributed by atoms with Crippen molar-refractivity contribution in [2.75, 3.05) is 0 Å². The molecule has 1 heterocycles. The molecule has 0 N–H and O–H groups in total. The van der Waals surface area contributed by atoms with Gasteiger partial charge in [-0.2, -0.15) is 10.5 Å². The van der Waals surface area contributed by atoms with Gasteiger partial charge in [-0.3, -0.25) is 0 Å². The lowest BCUT2D eigenvalue weighted by atomic mass is 10.1. The molecule has 0 saturated heterocycles. The molecule has 0 aliphatic heterocycles. The fourth-order valence-electron chi connectivity index (χ4n) is 2.11. The fraction of sp³-hybridized carbons (Fsp3) is 0.100. The number of benzene rings is 2. The maximum atomic E-state index is 8.87. The molecule has 3 rings (SSSR count). The van der Waals surface area contributed by atoms with E-state index >= 15 is 0 Å². The maximum absolute atomic E-state index is 8.87. The van der Waals surface area contributed by atoms with Crippen LogP contribution < -0.4 is 0 Å². The lowest BCUT2D eigenvalue weighted by Crippen LogP contribution is -1.75. The molecule has 2 nitrogen and oxygen atoms in total. The second-order valence-electron chi connectivity index (χ2n) is 4.67. The minimum absolute atomic E-state index is 0.656. The number of nitriles is 2. The van der Waals surface area contributed by atoms with E-state index in [9.17, 15) is 0 Å². The van der Waals surface area contributed by atoms with Gasteiger partial charge < -0.3 is 0 Å². The topological polar surface area (TPSA) is 47.6 Å². The van der Waals surface area contributed by atoms with E-state index in [1.54, 1.807) is 11.3 Å². The molecule has 0 spiro atoms. The van der Waals surface area contributed by atoms with E-state index in [-0.39, 0.29) is 0 Å². The SMILES string of the molecule is CC.N#Cc1ccc(-c2cc(Br)c(-c3ccc(C#N)cc3)s2)cc1. The Bertz CT molecular complexity index is 895. The highest BCUT2D eigenvalue weighted by Gasteiger charge is 2.10. The Morgan fingerprint density at radius 2 is 1.25 bits per heavy atom. The molecule has 0 amide bonds. The number of nitrogens with zero attached hydrogens (tertiary/aromatic N) is 2. The highest BCUT2D eigenvalue weighted by molar-refractivity contribution is 9.10. The first kappa shape index (κ1) is 17.9. The van der Waals surface area contributed by atoms with Crippen molar-refractivity contribution in [3.05, 3.63) is 70.2 Å². The molecule has 0 saturated carbocycles. The van der Waals surface area contributed by atoms with Gasteiger partial charge >= 0.3 is 0 Å². The molecule has 118 valence electrons. The molecule has 24 heavy (non-hydrogen) atoms. The molecular weight excluding hydrogens is 380 g/mol. The predicted octanol–water partition coefficient (Wildman–Crippen LogP) is 6.61. The van der Waals surface area contributed by atoms with Crippen LogP contribution in [0.4, 0.5) is 0 Å². The first-order valence-electron chi connectivity index (χ1n) is 7.51. The van der Waals surface area contributed by atoms with E-state index in [0.717, 1.165) is 25.4 Å². The highest BCUT2D eigenvalue weighted by Crippen LogP contribution is 2.41. The largest absolute Gasteiger partial charge is 0.192 e. The van der Waals surface area contributed by atoms with E-state index in [1.807, 2.05) is 62.4 Å². The van der Waals surface area contributed by atoms with Crippen molar-refractivity contribution < 1.29 is 0 Å². The van der Waals surface area contributed by atoms with E-state index < -0.39 is 0 Å². The zero-order chi connectivity index (χ0) is 17.5.